The van der Waals surface area contributed by atoms with Gasteiger partial charge in [-0.2, -0.15) is 0 Å². The van der Waals surface area contributed by atoms with Gasteiger partial charge in [-0.25, -0.2) is 0 Å². The van der Waals surface area contributed by atoms with Crippen molar-refractivity contribution in [2.45, 2.75) is 10.6 Å². The molecule has 0 spiro atoms. The molecule has 7 heteroatoms. The van der Waals surface area contributed by atoms with Gasteiger partial charge in [0.2, 0.25) is 0 Å². The summed E-state index contributed by atoms with van der Waals surface area (Å²) in [7, 11) is 3.11. The number of nitrogens with one attached hydrogen (secondary N) is 2. The predicted octanol–water partition coefficient (Wildman–Crippen LogP) is 2.82. The normalized spacial score (nSPS) is 10.0. The van der Waals surface area contributed by atoms with Crippen molar-refractivity contribution in [3.8, 4) is 11.5 Å². The summed E-state index contributed by atoms with van der Waals surface area (Å²) < 4.78 is 10.4. The molecular formula is C18H20N2O4Se. The van der Waals surface area contributed by atoms with Crippen LogP contribution in [0.2, 0.25) is 10.6 Å². The van der Waals surface area contributed by atoms with E-state index in [4.69, 9.17) is 9.47 Å². The SMILES string of the molecule is COc1ccccc1NC(=O)C[Se]CC(=O)Nc1ccccc1OC. The number of carbonyl (C=O) groups excluding carboxylic acids is 2. The average Bonchev–Trinajstić information content (AvgIpc) is 2.62. The predicted molar refractivity (Wildman–Crippen MR) is 98.6 cm³/mol. The van der Waals surface area contributed by atoms with Crippen LogP contribution in [0.5, 0.6) is 11.5 Å². The fraction of sp³-hybridized carbons (Fsp3) is 0.222. The van der Waals surface area contributed by atoms with E-state index in [1.54, 1.807) is 38.5 Å². The Balaban J connectivity index is 1.78. The van der Waals surface area contributed by atoms with Gasteiger partial charge >= 0.3 is 153 Å². The fourth-order valence-electron chi connectivity index (χ4n) is 2.10. The summed E-state index contributed by atoms with van der Waals surface area (Å²) in [6.45, 7) is 0. The quantitative estimate of drug-likeness (QED) is 0.660. The summed E-state index contributed by atoms with van der Waals surface area (Å²) in [5, 5.41) is 6.23. The summed E-state index contributed by atoms with van der Waals surface area (Å²) in [5.74, 6) is 0.957. The molecule has 132 valence electrons. The van der Waals surface area contributed by atoms with Crippen molar-refractivity contribution >= 4 is 38.1 Å². The summed E-state index contributed by atoms with van der Waals surface area (Å²) in [6.07, 6.45) is 0. The number of hydrogen-bond donors (Lipinski definition) is 2. The molecule has 0 aliphatic heterocycles. The van der Waals surface area contributed by atoms with E-state index in [0.29, 0.717) is 33.5 Å². The van der Waals surface area contributed by atoms with E-state index in [9.17, 15) is 9.59 Å². The number of para-hydroxylation sites is 4. The molecule has 6 nitrogen and oxygen atoms in total. The number of methoxy groups -OCH3 is 2. The van der Waals surface area contributed by atoms with Crippen LogP contribution in [0.25, 0.3) is 0 Å². The molecular weight excluding hydrogens is 387 g/mol. The number of rotatable bonds is 8. The van der Waals surface area contributed by atoms with E-state index in [-0.39, 0.29) is 26.8 Å². The van der Waals surface area contributed by atoms with Crippen molar-refractivity contribution in [2.24, 2.45) is 0 Å². The van der Waals surface area contributed by atoms with Crippen LogP contribution >= 0.6 is 0 Å². The van der Waals surface area contributed by atoms with Gasteiger partial charge in [0, 0.05) is 0 Å². The molecule has 0 radical (unpaired) electrons. The van der Waals surface area contributed by atoms with Gasteiger partial charge in [0.15, 0.2) is 0 Å². The van der Waals surface area contributed by atoms with Gasteiger partial charge in [0.1, 0.15) is 0 Å². The first-order valence-electron chi connectivity index (χ1n) is 7.57. The van der Waals surface area contributed by atoms with Crippen LogP contribution in [0.3, 0.4) is 0 Å². The second-order valence-electron chi connectivity index (χ2n) is 4.99. The molecule has 0 aliphatic rings. The van der Waals surface area contributed by atoms with Crippen LogP contribution in [-0.4, -0.2) is 41.0 Å². The summed E-state index contributed by atoms with van der Waals surface area (Å²) in [6, 6.07) is 14.4. The molecule has 2 amide bonds. The number of amides is 2. The first-order chi connectivity index (χ1) is 12.1. The minimum absolute atomic E-state index is 0.130. The molecule has 2 rings (SSSR count). The third kappa shape index (κ3) is 5.81. The molecule has 0 aromatic heterocycles. The van der Waals surface area contributed by atoms with Crippen LogP contribution in [-0.2, 0) is 9.59 Å². The van der Waals surface area contributed by atoms with Crippen molar-refractivity contribution < 1.29 is 19.1 Å². The van der Waals surface area contributed by atoms with Gasteiger partial charge in [-0.1, -0.05) is 0 Å². The van der Waals surface area contributed by atoms with Gasteiger partial charge in [0.05, 0.1) is 0 Å². The molecule has 0 fully saturated rings. The Labute approximate surface area is 153 Å². The van der Waals surface area contributed by atoms with E-state index in [1.807, 2.05) is 24.3 Å². The first-order valence-corrected chi connectivity index (χ1v) is 9.99. The molecule has 0 saturated carbocycles. The standard InChI is InChI=1S/C18H20N2O4Se/c1-23-15-9-5-3-7-13(15)19-17(21)11-25-12-18(22)20-14-8-4-6-10-16(14)24-2/h3-10H,11-12H2,1-2H3,(H,19,21)(H,20,22). The van der Waals surface area contributed by atoms with Crippen LogP contribution in [0.1, 0.15) is 0 Å². The maximum atomic E-state index is 12.0. The van der Waals surface area contributed by atoms with E-state index >= 15 is 0 Å². The zero-order valence-corrected chi connectivity index (χ0v) is 15.8. The Hall–Kier alpha value is -2.50. The number of anilines is 2. The third-order valence-corrected chi connectivity index (χ3v) is 5.19. The van der Waals surface area contributed by atoms with Crippen LogP contribution in [0, 0.1) is 0 Å². The Bertz CT molecular complexity index is 675. The van der Waals surface area contributed by atoms with Crippen molar-refractivity contribution in [1.82, 2.24) is 0 Å². The first kappa shape index (κ1) is 18.8. The number of carbonyl (C=O) groups is 2. The molecule has 0 bridgehead atoms. The van der Waals surface area contributed by atoms with Crippen LogP contribution in [0.15, 0.2) is 48.5 Å². The van der Waals surface area contributed by atoms with Gasteiger partial charge in [-0.15, -0.1) is 0 Å². The molecule has 0 unspecified atom stereocenters. The van der Waals surface area contributed by atoms with Crippen LogP contribution in [0.4, 0.5) is 11.4 Å². The molecule has 2 aromatic carbocycles. The van der Waals surface area contributed by atoms with E-state index < -0.39 is 0 Å². The topological polar surface area (TPSA) is 76.7 Å². The van der Waals surface area contributed by atoms with E-state index in [1.165, 1.54) is 0 Å². The van der Waals surface area contributed by atoms with E-state index in [2.05, 4.69) is 10.6 Å². The van der Waals surface area contributed by atoms with Crippen molar-refractivity contribution in [1.29, 1.82) is 0 Å². The maximum absolute atomic E-state index is 12.0. The van der Waals surface area contributed by atoms with E-state index in [0.717, 1.165) is 0 Å². The third-order valence-electron chi connectivity index (χ3n) is 3.23. The van der Waals surface area contributed by atoms with Gasteiger partial charge in [-0.3, -0.25) is 0 Å². The van der Waals surface area contributed by atoms with Gasteiger partial charge in [0.25, 0.3) is 0 Å². The summed E-state index contributed by atoms with van der Waals surface area (Å²) in [5.41, 5.74) is 1.26. The number of ether oxygens (including phenoxy) is 2. The molecule has 0 aliphatic carbocycles. The average molecular weight is 407 g/mol. The minimum atomic E-state index is -0.141. The van der Waals surface area contributed by atoms with Crippen molar-refractivity contribution in [3.05, 3.63) is 48.5 Å². The second-order valence-corrected chi connectivity index (χ2v) is 7.06. The Morgan fingerprint density at radius 1 is 0.800 bits per heavy atom. The van der Waals surface area contributed by atoms with Crippen molar-refractivity contribution in [3.63, 3.8) is 0 Å². The number of hydrogen-bond acceptors (Lipinski definition) is 4. The Kier molecular flexibility index (Phi) is 7.32. The molecule has 0 atom stereocenters. The zero-order chi connectivity index (χ0) is 18.1. The number of benzene rings is 2. The second kappa shape index (κ2) is 9.71. The molecule has 25 heavy (non-hydrogen) atoms. The van der Waals surface area contributed by atoms with Crippen LogP contribution < -0.4 is 20.1 Å². The van der Waals surface area contributed by atoms with Crippen molar-refractivity contribution in [2.75, 3.05) is 24.9 Å². The summed E-state index contributed by atoms with van der Waals surface area (Å²) >= 11 is -0.141. The summed E-state index contributed by atoms with van der Waals surface area (Å²) in [4.78, 5) is 24.0. The van der Waals surface area contributed by atoms with Gasteiger partial charge in [-0.05, 0) is 0 Å². The zero-order valence-electron chi connectivity index (χ0n) is 14.1. The Morgan fingerprint density at radius 2 is 1.20 bits per heavy atom. The van der Waals surface area contributed by atoms with Gasteiger partial charge < -0.3 is 0 Å². The molecule has 0 saturated heterocycles. The Morgan fingerprint density at radius 3 is 1.60 bits per heavy atom. The molecule has 2 aromatic rings. The molecule has 0 heterocycles. The fourth-order valence-corrected chi connectivity index (χ4v) is 3.40. The monoisotopic (exact) mass is 408 g/mol. The molecule has 2 N–H and O–H groups in total.